The fourth-order valence-corrected chi connectivity index (χ4v) is 4.70. The summed E-state index contributed by atoms with van der Waals surface area (Å²) < 4.78 is 12.4. The van der Waals surface area contributed by atoms with Gasteiger partial charge in [-0.2, -0.15) is 0 Å². The van der Waals surface area contributed by atoms with E-state index in [0.29, 0.717) is 71.6 Å². The summed E-state index contributed by atoms with van der Waals surface area (Å²) in [4.78, 5) is 42.4. The number of H-pyrrole nitrogens is 1. The summed E-state index contributed by atoms with van der Waals surface area (Å²) in [5.41, 5.74) is 1.75. The van der Waals surface area contributed by atoms with Gasteiger partial charge in [0.1, 0.15) is 0 Å². The second-order valence-electron chi connectivity index (χ2n) is 8.68. The average molecular weight is 511 g/mol. The van der Waals surface area contributed by atoms with Gasteiger partial charge in [-0.05, 0) is 67.4 Å². The van der Waals surface area contributed by atoms with E-state index < -0.39 is 0 Å². The van der Waals surface area contributed by atoms with Gasteiger partial charge in [-0.1, -0.05) is 6.07 Å². The highest BCUT2D eigenvalue weighted by Crippen LogP contribution is 2.27. The number of hydrogen-bond acceptors (Lipinski definition) is 6. The number of benzene rings is 2. The smallest absolute Gasteiger partial charge is 0.262 e. The van der Waals surface area contributed by atoms with Crippen molar-refractivity contribution >= 4 is 34.9 Å². The predicted molar refractivity (Wildman–Crippen MR) is 139 cm³/mol. The molecule has 0 bridgehead atoms. The summed E-state index contributed by atoms with van der Waals surface area (Å²) >= 11 is 5.42. The third-order valence-corrected chi connectivity index (χ3v) is 6.69. The molecule has 190 valence electrons. The number of aromatic amines is 1. The van der Waals surface area contributed by atoms with E-state index in [-0.39, 0.29) is 17.4 Å². The minimum absolute atomic E-state index is 0.167. The van der Waals surface area contributed by atoms with E-state index in [1.807, 2.05) is 23.1 Å². The molecule has 0 atom stereocenters. The summed E-state index contributed by atoms with van der Waals surface area (Å²) in [7, 11) is 3.17. The number of nitrogens with zero attached hydrogens (tertiary/aromatic N) is 2. The molecule has 0 saturated carbocycles. The first-order chi connectivity index (χ1) is 17.4. The van der Waals surface area contributed by atoms with Crippen molar-refractivity contribution < 1.29 is 19.1 Å². The van der Waals surface area contributed by atoms with E-state index in [1.54, 1.807) is 32.4 Å². The number of fused-ring (bicyclic) bond motifs is 1. The van der Waals surface area contributed by atoms with Crippen LogP contribution in [0.1, 0.15) is 35.2 Å². The van der Waals surface area contributed by atoms with Crippen molar-refractivity contribution in [2.75, 3.05) is 33.9 Å². The maximum absolute atomic E-state index is 13.0. The third-order valence-electron chi connectivity index (χ3n) is 6.37. The quantitative estimate of drug-likeness (QED) is 0.406. The van der Waals surface area contributed by atoms with Crippen LogP contribution in [0.2, 0.25) is 0 Å². The average Bonchev–Trinajstić information content (AvgIpc) is 3.29. The lowest BCUT2D eigenvalue weighted by molar-refractivity contribution is -0.127. The predicted octanol–water partition coefficient (Wildman–Crippen LogP) is 3.06. The molecular formula is C26H30N4O5S. The molecule has 2 aromatic carbocycles. The Morgan fingerprint density at radius 2 is 1.89 bits per heavy atom. The van der Waals surface area contributed by atoms with Crippen LogP contribution in [0.5, 0.6) is 11.5 Å². The molecule has 4 rings (SSSR count). The van der Waals surface area contributed by atoms with Crippen molar-refractivity contribution in [1.82, 2.24) is 19.8 Å². The second kappa shape index (κ2) is 11.4. The number of amides is 2. The molecule has 0 spiro atoms. The molecule has 10 heteroatoms. The number of ether oxygens (including phenoxy) is 2. The molecule has 0 aliphatic carbocycles. The van der Waals surface area contributed by atoms with Gasteiger partial charge in [0.05, 0.1) is 25.1 Å². The number of carbonyl (C=O) groups is 2. The van der Waals surface area contributed by atoms with Crippen molar-refractivity contribution in [1.29, 1.82) is 0 Å². The topological polar surface area (TPSA) is 106 Å². The second-order valence-corrected chi connectivity index (χ2v) is 9.07. The van der Waals surface area contributed by atoms with Gasteiger partial charge in [0.15, 0.2) is 16.3 Å². The van der Waals surface area contributed by atoms with Gasteiger partial charge in [-0.15, -0.1) is 0 Å². The molecule has 1 fully saturated rings. The molecule has 0 radical (unpaired) electrons. The standard InChI is InChI=1S/C26H30N4O5S/c1-34-21-9-6-17(15-22(21)35-2)10-11-27-24(32)18-7-8-19-20(16-18)28-26(36)30(25(19)33)14-4-13-29-12-3-5-23(29)31/h6-9,15-16H,3-5,10-14H2,1-2H3,(H,27,32)(H,28,36). The summed E-state index contributed by atoms with van der Waals surface area (Å²) in [5, 5.41) is 3.37. The Labute approximate surface area is 214 Å². The highest BCUT2D eigenvalue weighted by atomic mass is 32.1. The van der Waals surface area contributed by atoms with Crippen molar-refractivity contribution in [3.63, 3.8) is 0 Å². The molecular weight excluding hydrogens is 480 g/mol. The molecule has 1 aliphatic rings. The largest absolute Gasteiger partial charge is 0.493 e. The van der Waals surface area contributed by atoms with Crippen molar-refractivity contribution in [3.05, 3.63) is 62.6 Å². The lowest BCUT2D eigenvalue weighted by atomic mass is 10.1. The summed E-state index contributed by atoms with van der Waals surface area (Å²) in [5.74, 6) is 1.22. The zero-order valence-corrected chi connectivity index (χ0v) is 21.3. The first-order valence-electron chi connectivity index (χ1n) is 11.9. The molecule has 1 aromatic heterocycles. The van der Waals surface area contributed by atoms with Gasteiger partial charge in [-0.25, -0.2) is 0 Å². The van der Waals surface area contributed by atoms with Gasteiger partial charge >= 0.3 is 0 Å². The molecule has 1 saturated heterocycles. The van der Waals surface area contributed by atoms with E-state index in [2.05, 4.69) is 10.3 Å². The number of methoxy groups -OCH3 is 2. The number of likely N-dealkylation sites (tertiary alicyclic amines) is 1. The van der Waals surface area contributed by atoms with Gasteiger partial charge in [-0.3, -0.25) is 19.0 Å². The van der Waals surface area contributed by atoms with Gasteiger partial charge < -0.3 is 24.7 Å². The Bertz CT molecular complexity index is 1400. The Hall–Kier alpha value is -3.66. The number of nitrogens with one attached hydrogen (secondary N) is 2. The van der Waals surface area contributed by atoms with E-state index >= 15 is 0 Å². The van der Waals surface area contributed by atoms with Crippen LogP contribution in [0.15, 0.2) is 41.2 Å². The molecule has 9 nitrogen and oxygen atoms in total. The Kier molecular flexibility index (Phi) is 8.04. The summed E-state index contributed by atoms with van der Waals surface area (Å²) in [6.07, 6.45) is 2.76. The van der Waals surface area contributed by atoms with Crippen LogP contribution in [-0.4, -0.2) is 60.1 Å². The number of carbonyl (C=O) groups excluding carboxylic acids is 2. The summed E-state index contributed by atoms with van der Waals surface area (Å²) in [6, 6.07) is 10.6. The maximum Gasteiger partial charge on any atom is 0.262 e. The van der Waals surface area contributed by atoms with Crippen molar-refractivity contribution in [2.24, 2.45) is 0 Å². The van der Waals surface area contributed by atoms with Crippen LogP contribution in [0.4, 0.5) is 0 Å². The fourth-order valence-electron chi connectivity index (χ4n) is 4.42. The molecule has 2 heterocycles. The number of aromatic nitrogens is 2. The Balaban J connectivity index is 1.40. The minimum atomic E-state index is -0.240. The van der Waals surface area contributed by atoms with E-state index in [4.69, 9.17) is 21.7 Å². The Morgan fingerprint density at radius 1 is 1.08 bits per heavy atom. The molecule has 0 unspecified atom stereocenters. The molecule has 1 aliphatic heterocycles. The van der Waals surface area contributed by atoms with Crippen LogP contribution in [0.3, 0.4) is 0 Å². The van der Waals surface area contributed by atoms with Crippen molar-refractivity contribution in [2.45, 2.75) is 32.2 Å². The first kappa shape index (κ1) is 25.4. The fraction of sp³-hybridized carbons (Fsp3) is 0.385. The molecule has 2 amide bonds. The SMILES string of the molecule is COc1ccc(CCNC(=O)c2ccc3c(=O)n(CCCN4CCCC4=O)c(=S)[nH]c3c2)cc1OC. The monoisotopic (exact) mass is 510 g/mol. The third kappa shape index (κ3) is 5.59. The van der Waals surface area contributed by atoms with Crippen molar-refractivity contribution in [3.8, 4) is 11.5 Å². The van der Waals surface area contributed by atoms with E-state index in [1.165, 1.54) is 4.57 Å². The van der Waals surface area contributed by atoms with Gasteiger partial charge in [0, 0.05) is 38.2 Å². The molecule has 36 heavy (non-hydrogen) atoms. The highest BCUT2D eigenvalue weighted by molar-refractivity contribution is 7.71. The van der Waals surface area contributed by atoms with Gasteiger partial charge in [0.2, 0.25) is 5.91 Å². The van der Waals surface area contributed by atoms with Gasteiger partial charge in [0.25, 0.3) is 11.5 Å². The zero-order chi connectivity index (χ0) is 25.7. The Morgan fingerprint density at radius 3 is 2.61 bits per heavy atom. The molecule has 3 aromatic rings. The van der Waals surface area contributed by atoms with E-state index in [0.717, 1.165) is 18.5 Å². The summed E-state index contributed by atoms with van der Waals surface area (Å²) in [6.45, 7) is 2.24. The number of hydrogen-bond donors (Lipinski definition) is 2. The van der Waals surface area contributed by atoms with E-state index in [9.17, 15) is 14.4 Å². The first-order valence-corrected chi connectivity index (χ1v) is 12.4. The van der Waals surface area contributed by atoms with Crippen LogP contribution < -0.4 is 20.3 Å². The van der Waals surface area contributed by atoms with Crippen LogP contribution in [0, 0.1) is 4.77 Å². The minimum Gasteiger partial charge on any atom is -0.493 e. The number of rotatable bonds is 10. The van der Waals surface area contributed by atoms with Crippen LogP contribution >= 0.6 is 12.2 Å². The maximum atomic E-state index is 13.0. The normalized spacial score (nSPS) is 13.3. The van der Waals surface area contributed by atoms with Crippen LogP contribution in [-0.2, 0) is 17.8 Å². The lowest BCUT2D eigenvalue weighted by Crippen LogP contribution is -2.29. The zero-order valence-electron chi connectivity index (χ0n) is 20.5. The highest BCUT2D eigenvalue weighted by Gasteiger charge is 2.19. The lowest BCUT2D eigenvalue weighted by Gasteiger charge is -2.16. The van der Waals surface area contributed by atoms with Crippen LogP contribution in [0.25, 0.3) is 10.9 Å². The molecule has 2 N–H and O–H groups in total.